The highest BCUT2D eigenvalue weighted by Gasteiger charge is 2.29. The van der Waals surface area contributed by atoms with Gasteiger partial charge in [0.25, 0.3) is 0 Å². The van der Waals surface area contributed by atoms with E-state index in [1.165, 1.54) is 31.0 Å². The summed E-state index contributed by atoms with van der Waals surface area (Å²) in [6.45, 7) is 4.39. The highest BCUT2D eigenvalue weighted by atomic mass is 32.1. The molecular weight excluding hydrogens is 365 g/mol. The SMILES string of the molecule is COc1ccc(F)cc1C(=O)C1CCCN(Cc2c(C)nc3sccn23)C1. The molecule has 1 atom stereocenters. The molecule has 4 rings (SSSR count). The van der Waals surface area contributed by atoms with E-state index >= 15 is 0 Å². The van der Waals surface area contributed by atoms with Crippen LogP contribution in [0.25, 0.3) is 4.96 Å². The van der Waals surface area contributed by atoms with Crippen LogP contribution in [-0.2, 0) is 6.54 Å². The number of halogens is 1. The molecule has 142 valence electrons. The summed E-state index contributed by atoms with van der Waals surface area (Å²) in [5.74, 6) is -0.172. The van der Waals surface area contributed by atoms with Gasteiger partial charge in [-0.2, -0.15) is 0 Å². The van der Waals surface area contributed by atoms with E-state index in [2.05, 4.69) is 14.3 Å². The Bertz CT molecular complexity index is 981. The van der Waals surface area contributed by atoms with Crippen LogP contribution in [-0.4, -0.2) is 40.3 Å². The van der Waals surface area contributed by atoms with Crippen LogP contribution in [0.5, 0.6) is 5.75 Å². The first kappa shape index (κ1) is 18.1. The number of carbonyl (C=O) groups is 1. The van der Waals surface area contributed by atoms with Crippen molar-refractivity contribution in [3.8, 4) is 5.75 Å². The Kier molecular flexibility index (Phi) is 4.97. The number of ketones is 1. The number of fused-ring (bicyclic) bond motifs is 1. The first-order valence-electron chi connectivity index (χ1n) is 9.08. The molecule has 5 nitrogen and oxygen atoms in total. The van der Waals surface area contributed by atoms with Crippen LogP contribution in [0.1, 0.15) is 34.6 Å². The monoisotopic (exact) mass is 387 g/mol. The molecule has 3 aromatic rings. The van der Waals surface area contributed by atoms with Crippen molar-refractivity contribution in [1.29, 1.82) is 0 Å². The lowest BCUT2D eigenvalue weighted by atomic mass is 9.89. The maximum Gasteiger partial charge on any atom is 0.194 e. The van der Waals surface area contributed by atoms with Crippen LogP contribution in [0.15, 0.2) is 29.8 Å². The van der Waals surface area contributed by atoms with Crippen LogP contribution in [0.2, 0.25) is 0 Å². The normalized spacial score (nSPS) is 18.1. The molecule has 0 bridgehead atoms. The van der Waals surface area contributed by atoms with Gasteiger partial charge in [-0.05, 0) is 44.5 Å². The van der Waals surface area contributed by atoms with E-state index in [4.69, 9.17) is 4.74 Å². The molecule has 2 aromatic heterocycles. The van der Waals surface area contributed by atoms with Gasteiger partial charge in [0.2, 0.25) is 0 Å². The number of benzene rings is 1. The van der Waals surface area contributed by atoms with Crippen molar-refractivity contribution >= 4 is 22.1 Å². The van der Waals surface area contributed by atoms with Crippen molar-refractivity contribution < 1.29 is 13.9 Å². The fourth-order valence-corrected chi connectivity index (χ4v) is 4.63. The lowest BCUT2D eigenvalue weighted by Crippen LogP contribution is -2.38. The first-order valence-corrected chi connectivity index (χ1v) is 9.96. The Morgan fingerprint density at radius 2 is 2.30 bits per heavy atom. The number of aromatic nitrogens is 2. The number of Topliss-reactive ketones (excluding diaryl/α,β-unsaturated/α-hetero) is 1. The Balaban J connectivity index is 1.53. The summed E-state index contributed by atoms with van der Waals surface area (Å²) in [6.07, 6.45) is 3.80. The van der Waals surface area contributed by atoms with E-state index in [1.807, 2.05) is 18.5 Å². The number of likely N-dealkylation sites (tertiary alicyclic amines) is 1. The molecule has 7 heteroatoms. The largest absolute Gasteiger partial charge is 0.496 e. The molecule has 0 aliphatic carbocycles. The van der Waals surface area contributed by atoms with Gasteiger partial charge < -0.3 is 4.74 Å². The Morgan fingerprint density at radius 3 is 3.11 bits per heavy atom. The van der Waals surface area contributed by atoms with E-state index in [0.29, 0.717) is 17.9 Å². The van der Waals surface area contributed by atoms with E-state index in [0.717, 1.165) is 36.6 Å². The summed E-state index contributed by atoms with van der Waals surface area (Å²) in [7, 11) is 1.51. The van der Waals surface area contributed by atoms with Crippen molar-refractivity contribution in [2.75, 3.05) is 20.2 Å². The Morgan fingerprint density at radius 1 is 1.44 bits per heavy atom. The van der Waals surface area contributed by atoms with E-state index in [9.17, 15) is 9.18 Å². The fourth-order valence-electron chi connectivity index (χ4n) is 3.85. The van der Waals surface area contributed by atoms with Crippen molar-refractivity contribution in [2.24, 2.45) is 5.92 Å². The van der Waals surface area contributed by atoms with Crippen molar-refractivity contribution in [3.63, 3.8) is 0 Å². The van der Waals surface area contributed by atoms with Crippen LogP contribution in [0.3, 0.4) is 0 Å². The molecule has 0 N–H and O–H groups in total. The summed E-state index contributed by atoms with van der Waals surface area (Å²) >= 11 is 1.62. The summed E-state index contributed by atoms with van der Waals surface area (Å²) in [5, 5.41) is 2.03. The molecule has 0 amide bonds. The highest BCUT2D eigenvalue weighted by Crippen LogP contribution is 2.28. The lowest BCUT2D eigenvalue weighted by molar-refractivity contribution is 0.0806. The summed E-state index contributed by atoms with van der Waals surface area (Å²) in [4.78, 5) is 20.9. The molecule has 0 radical (unpaired) electrons. The minimum absolute atomic E-state index is 0.0401. The molecule has 1 aliphatic rings. The van der Waals surface area contributed by atoms with E-state index in [1.54, 1.807) is 11.3 Å². The van der Waals surface area contributed by atoms with Gasteiger partial charge in [-0.3, -0.25) is 14.1 Å². The third-order valence-electron chi connectivity index (χ3n) is 5.24. The van der Waals surface area contributed by atoms with Gasteiger partial charge in [-0.15, -0.1) is 11.3 Å². The third kappa shape index (κ3) is 3.49. The van der Waals surface area contributed by atoms with Crippen molar-refractivity contribution in [2.45, 2.75) is 26.3 Å². The molecule has 1 saturated heterocycles. The van der Waals surface area contributed by atoms with E-state index in [-0.39, 0.29) is 11.7 Å². The number of methoxy groups -OCH3 is 1. The Labute approximate surface area is 161 Å². The molecule has 0 spiro atoms. The molecule has 1 fully saturated rings. The predicted octanol–water partition coefficient (Wildman–Crippen LogP) is 3.95. The molecule has 3 heterocycles. The number of aryl methyl sites for hydroxylation is 1. The topological polar surface area (TPSA) is 46.8 Å². The Hall–Kier alpha value is -2.25. The number of ether oxygens (including phenoxy) is 1. The van der Waals surface area contributed by atoms with E-state index < -0.39 is 5.82 Å². The maximum absolute atomic E-state index is 13.7. The number of hydrogen-bond acceptors (Lipinski definition) is 5. The molecule has 1 unspecified atom stereocenters. The van der Waals surface area contributed by atoms with Crippen LogP contribution in [0.4, 0.5) is 4.39 Å². The minimum atomic E-state index is -0.415. The number of imidazole rings is 1. The lowest BCUT2D eigenvalue weighted by Gasteiger charge is -2.32. The minimum Gasteiger partial charge on any atom is -0.496 e. The number of piperidine rings is 1. The van der Waals surface area contributed by atoms with Crippen LogP contribution >= 0.6 is 11.3 Å². The smallest absolute Gasteiger partial charge is 0.194 e. The maximum atomic E-state index is 13.7. The second kappa shape index (κ2) is 7.40. The second-order valence-corrected chi connectivity index (χ2v) is 7.86. The average Bonchev–Trinajstić information content (AvgIpc) is 3.23. The van der Waals surface area contributed by atoms with Crippen molar-refractivity contribution in [1.82, 2.24) is 14.3 Å². The number of thiazole rings is 1. The fraction of sp³-hybridized carbons (Fsp3) is 0.400. The standard InChI is InChI=1S/C20H22FN3O2S/c1-13-17(24-8-9-27-20(24)22-13)12-23-7-3-4-14(11-23)19(25)16-10-15(21)5-6-18(16)26-2/h5-6,8-10,14H,3-4,7,11-12H2,1-2H3. The number of rotatable bonds is 5. The molecule has 27 heavy (non-hydrogen) atoms. The zero-order valence-electron chi connectivity index (χ0n) is 15.4. The van der Waals surface area contributed by atoms with Gasteiger partial charge in [0.15, 0.2) is 10.7 Å². The summed E-state index contributed by atoms with van der Waals surface area (Å²) < 4.78 is 21.1. The summed E-state index contributed by atoms with van der Waals surface area (Å²) in [6, 6.07) is 4.12. The van der Waals surface area contributed by atoms with Gasteiger partial charge in [-0.1, -0.05) is 0 Å². The highest BCUT2D eigenvalue weighted by molar-refractivity contribution is 7.15. The number of carbonyl (C=O) groups excluding carboxylic acids is 1. The van der Waals surface area contributed by atoms with Crippen LogP contribution < -0.4 is 4.74 Å². The molecule has 1 aliphatic heterocycles. The third-order valence-corrected chi connectivity index (χ3v) is 5.99. The number of hydrogen-bond donors (Lipinski definition) is 0. The zero-order valence-corrected chi connectivity index (χ0v) is 16.3. The molecule has 1 aromatic carbocycles. The predicted molar refractivity (Wildman–Crippen MR) is 103 cm³/mol. The zero-order chi connectivity index (χ0) is 19.0. The quantitative estimate of drug-likeness (QED) is 0.622. The molecule has 0 saturated carbocycles. The number of nitrogens with zero attached hydrogens (tertiary/aromatic N) is 3. The van der Waals surface area contributed by atoms with Gasteiger partial charge >= 0.3 is 0 Å². The van der Waals surface area contributed by atoms with Crippen LogP contribution in [0, 0.1) is 18.7 Å². The van der Waals surface area contributed by atoms with Gasteiger partial charge in [-0.25, -0.2) is 9.37 Å². The van der Waals surface area contributed by atoms with Gasteiger partial charge in [0.1, 0.15) is 11.6 Å². The first-order chi connectivity index (χ1) is 13.1. The molecular formula is C20H22FN3O2S. The average molecular weight is 387 g/mol. The van der Waals surface area contributed by atoms with Gasteiger partial charge in [0, 0.05) is 30.6 Å². The van der Waals surface area contributed by atoms with Gasteiger partial charge in [0.05, 0.1) is 24.1 Å². The van der Waals surface area contributed by atoms with Crippen molar-refractivity contribution in [3.05, 3.63) is 52.5 Å². The summed E-state index contributed by atoms with van der Waals surface area (Å²) in [5.41, 5.74) is 2.54. The second-order valence-electron chi connectivity index (χ2n) is 6.98.